The third kappa shape index (κ3) is 4.74. The molecule has 4 nitrogen and oxygen atoms in total. The minimum absolute atomic E-state index is 0.250. The molecule has 0 amide bonds. The average molecular weight is 337 g/mol. The molecule has 0 aliphatic carbocycles. The van der Waals surface area contributed by atoms with Crippen LogP contribution >= 0.6 is 21.6 Å². The molecule has 2 rings (SSSR count). The van der Waals surface area contributed by atoms with E-state index in [1.165, 1.54) is 25.7 Å². The van der Waals surface area contributed by atoms with Gasteiger partial charge in [0.1, 0.15) is 0 Å². The van der Waals surface area contributed by atoms with Crippen molar-refractivity contribution in [3.63, 3.8) is 0 Å². The third-order valence-electron chi connectivity index (χ3n) is 3.48. The Bertz CT molecular complexity index is 581. The van der Waals surface area contributed by atoms with Crippen LogP contribution in [0.15, 0.2) is 29.7 Å². The van der Waals surface area contributed by atoms with Crippen molar-refractivity contribution in [2.24, 2.45) is 7.05 Å². The van der Waals surface area contributed by atoms with Gasteiger partial charge in [-0.25, -0.2) is 0 Å². The maximum atomic E-state index is 4.32. The van der Waals surface area contributed by atoms with Crippen molar-refractivity contribution in [2.45, 2.75) is 56.4 Å². The lowest BCUT2D eigenvalue weighted by Crippen LogP contribution is -2.12. The molecule has 0 aromatic carbocycles. The maximum Gasteiger partial charge on any atom is 0.201 e. The molecule has 2 aromatic rings. The second-order valence-corrected chi connectivity index (χ2v) is 8.79. The topological polar surface area (TPSA) is 43.6 Å². The molecular weight excluding hydrogens is 312 g/mol. The van der Waals surface area contributed by atoms with Gasteiger partial charge in [-0.15, -0.1) is 10.2 Å². The number of nitrogens with zero attached hydrogens (tertiary/aromatic N) is 4. The summed E-state index contributed by atoms with van der Waals surface area (Å²) in [4.78, 5) is 4.15. The normalized spacial score (nSPS) is 11.8. The van der Waals surface area contributed by atoms with Crippen molar-refractivity contribution >= 4 is 21.6 Å². The molecule has 0 spiro atoms. The summed E-state index contributed by atoms with van der Waals surface area (Å²) in [5, 5.41) is 9.56. The van der Waals surface area contributed by atoms with Crippen LogP contribution in [0.4, 0.5) is 0 Å². The molecule has 6 heteroatoms. The molecule has 120 valence electrons. The summed E-state index contributed by atoms with van der Waals surface area (Å²) in [7, 11) is 5.61. The van der Waals surface area contributed by atoms with Gasteiger partial charge in [0.25, 0.3) is 0 Å². The second-order valence-electron chi connectivity index (χ2n) is 5.99. The molecule has 2 heterocycles. The molecule has 0 atom stereocenters. The van der Waals surface area contributed by atoms with Crippen LogP contribution in [-0.2, 0) is 7.05 Å². The zero-order valence-electron chi connectivity index (χ0n) is 13.7. The van der Waals surface area contributed by atoms with Crippen LogP contribution < -0.4 is 0 Å². The average Bonchev–Trinajstić information content (AvgIpc) is 2.87. The van der Waals surface area contributed by atoms with E-state index >= 15 is 0 Å². The first kappa shape index (κ1) is 17.3. The highest BCUT2D eigenvalue weighted by Gasteiger charge is 2.21. The first-order chi connectivity index (χ1) is 10.5. The van der Waals surface area contributed by atoms with E-state index in [4.69, 9.17) is 0 Å². The molecule has 22 heavy (non-hydrogen) atoms. The SMILES string of the molecule is CCCCCC(C)(C)SSc1nnc(-c2cccnc2)n1C. The van der Waals surface area contributed by atoms with Crippen LogP contribution in [0, 0.1) is 0 Å². The van der Waals surface area contributed by atoms with Gasteiger partial charge in [-0.2, -0.15) is 0 Å². The first-order valence-corrected chi connectivity index (χ1v) is 9.84. The molecule has 0 unspecified atom stereocenters. The summed E-state index contributed by atoms with van der Waals surface area (Å²) in [6.07, 6.45) is 8.68. The quantitative estimate of drug-likeness (QED) is 0.502. The van der Waals surface area contributed by atoms with E-state index in [0.29, 0.717) is 0 Å². The van der Waals surface area contributed by atoms with E-state index in [2.05, 4.69) is 36.0 Å². The van der Waals surface area contributed by atoms with Crippen LogP contribution in [0.2, 0.25) is 0 Å². The molecular formula is C16H24N4S2. The highest BCUT2D eigenvalue weighted by Crippen LogP contribution is 2.43. The molecule has 0 aliphatic heterocycles. The molecule has 0 aliphatic rings. The molecule has 0 saturated heterocycles. The van der Waals surface area contributed by atoms with Crippen LogP contribution in [-0.4, -0.2) is 24.5 Å². The first-order valence-electron chi connectivity index (χ1n) is 7.69. The van der Waals surface area contributed by atoms with Crippen LogP contribution in [0.25, 0.3) is 11.4 Å². The van der Waals surface area contributed by atoms with Gasteiger partial charge < -0.3 is 4.57 Å². The van der Waals surface area contributed by atoms with Gasteiger partial charge in [-0.3, -0.25) is 4.98 Å². The number of unbranched alkanes of at least 4 members (excludes halogenated alkanes) is 2. The number of hydrogen-bond donors (Lipinski definition) is 0. The molecule has 0 N–H and O–H groups in total. The zero-order chi connectivity index (χ0) is 16.0. The Morgan fingerprint density at radius 3 is 2.73 bits per heavy atom. The number of rotatable bonds is 8. The lowest BCUT2D eigenvalue weighted by Gasteiger charge is -2.22. The van der Waals surface area contributed by atoms with Crippen LogP contribution in [0.5, 0.6) is 0 Å². The van der Waals surface area contributed by atoms with Crippen molar-refractivity contribution < 1.29 is 0 Å². The Balaban J connectivity index is 1.98. The molecule has 2 aromatic heterocycles. The van der Waals surface area contributed by atoms with Gasteiger partial charge in [-0.1, -0.05) is 37.0 Å². The van der Waals surface area contributed by atoms with E-state index in [-0.39, 0.29) is 4.75 Å². The van der Waals surface area contributed by atoms with Gasteiger partial charge in [-0.05, 0) is 43.2 Å². The standard InChI is InChI=1S/C16H24N4S2/c1-5-6-7-10-16(2,3)22-21-15-19-18-14(20(15)4)13-9-8-11-17-12-13/h8-9,11-12H,5-7,10H2,1-4H3. The highest BCUT2D eigenvalue weighted by atomic mass is 33.1. The van der Waals surface area contributed by atoms with Gasteiger partial charge in [0, 0.05) is 29.8 Å². The van der Waals surface area contributed by atoms with E-state index in [1.807, 2.05) is 40.7 Å². The number of hydrogen-bond acceptors (Lipinski definition) is 5. The largest absolute Gasteiger partial charge is 0.304 e. The van der Waals surface area contributed by atoms with Crippen molar-refractivity contribution in [1.29, 1.82) is 0 Å². The fraction of sp³-hybridized carbons (Fsp3) is 0.562. The molecule has 0 bridgehead atoms. The zero-order valence-corrected chi connectivity index (χ0v) is 15.4. The summed E-state index contributed by atoms with van der Waals surface area (Å²) in [6.45, 7) is 6.85. The minimum atomic E-state index is 0.250. The Morgan fingerprint density at radius 2 is 2.05 bits per heavy atom. The van der Waals surface area contributed by atoms with E-state index in [1.54, 1.807) is 17.0 Å². The maximum absolute atomic E-state index is 4.32. The number of aromatic nitrogens is 4. The Kier molecular flexibility index (Phi) is 6.32. The fourth-order valence-corrected chi connectivity index (χ4v) is 4.51. The van der Waals surface area contributed by atoms with Crippen molar-refractivity contribution in [3.8, 4) is 11.4 Å². The highest BCUT2D eigenvalue weighted by molar-refractivity contribution is 8.77. The van der Waals surface area contributed by atoms with E-state index in [9.17, 15) is 0 Å². The lowest BCUT2D eigenvalue weighted by molar-refractivity contribution is 0.575. The van der Waals surface area contributed by atoms with Crippen molar-refractivity contribution in [3.05, 3.63) is 24.5 Å². The summed E-state index contributed by atoms with van der Waals surface area (Å²) in [5.74, 6) is 0.861. The van der Waals surface area contributed by atoms with Gasteiger partial charge in [0.2, 0.25) is 5.16 Å². The number of pyridine rings is 1. The minimum Gasteiger partial charge on any atom is -0.304 e. The van der Waals surface area contributed by atoms with E-state index < -0.39 is 0 Å². The predicted molar refractivity (Wildman–Crippen MR) is 95.9 cm³/mol. The Hall–Kier alpha value is -1.01. The Labute approximate surface area is 140 Å². The summed E-state index contributed by atoms with van der Waals surface area (Å²) < 4.78 is 2.29. The smallest absolute Gasteiger partial charge is 0.201 e. The summed E-state index contributed by atoms with van der Waals surface area (Å²) >= 11 is 0. The molecule has 0 radical (unpaired) electrons. The molecule has 0 fully saturated rings. The second kappa shape index (κ2) is 8.02. The van der Waals surface area contributed by atoms with Gasteiger partial charge in [0.05, 0.1) is 0 Å². The Morgan fingerprint density at radius 1 is 1.23 bits per heavy atom. The van der Waals surface area contributed by atoms with Crippen LogP contribution in [0.1, 0.15) is 46.5 Å². The van der Waals surface area contributed by atoms with Gasteiger partial charge in [0.15, 0.2) is 5.82 Å². The summed E-state index contributed by atoms with van der Waals surface area (Å²) in [6, 6.07) is 3.93. The van der Waals surface area contributed by atoms with Crippen LogP contribution in [0.3, 0.4) is 0 Å². The third-order valence-corrected chi connectivity index (χ3v) is 6.77. The van der Waals surface area contributed by atoms with Crippen molar-refractivity contribution in [2.75, 3.05) is 0 Å². The van der Waals surface area contributed by atoms with Gasteiger partial charge >= 0.3 is 0 Å². The molecule has 0 saturated carbocycles. The predicted octanol–water partition coefficient (Wildman–Crippen LogP) is 4.98. The lowest BCUT2D eigenvalue weighted by atomic mass is 10.0. The monoisotopic (exact) mass is 336 g/mol. The summed E-state index contributed by atoms with van der Waals surface area (Å²) in [5.41, 5.74) is 0.997. The van der Waals surface area contributed by atoms with E-state index in [0.717, 1.165) is 16.5 Å². The van der Waals surface area contributed by atoms with Crippen molar-refractivity contribution in [1.82, 2.24) is 19.7 Å². The fourth-order valence-electron chi connectivity index (χ4n) is 2.13.